The number of halogens is 1. The van der Waals surface area contributed by atoms with Crippen molar-refractivity contribution in [2.45, 2.75) is 51.1 Å². The normalized spacial score (nSPS) is 23.1. The van der Waals surface area contributed by atoms with Gasteiger partial charge in [-0.2, -0.15) is 0 Å². The quantitative estimate of drug-likeness (QED) is 0.747. The molecule has 0 saturated carbocycles. The molecular formula is C24H29FN2O2. The zero-order valence-corrected chi connectivity index (χ0v) is 17.7. The Balaban J connectivity index is 1.68. The number of hydrogen-bond acceptors (Lipinski definition) is 3. The second-order valence-corrected chi connectivity index (χ2v) is 9.04. The van der Waals surface area contributed by atoms with Crippen LogP contribution < -0.4 is 9.64 Å². The minimum absolute atomic E-state index is 0.0415. The maximum absolute atomic E-state index is 13.6. The fourth-order valence-electron chi connectivity index (χ4n) is 5.26. The van der Waals surface area contributed by atoms with Crippen molar-refractivity contribution in [2.75, 3.05) is 25.1 Å². The third-order valence-corrected chi connectivity index (χ3v) is 6.51. The molecule has 2 aromatic carbocycles. The number of likely N-dealkylation sites (tertiary alicyclic amines) is 1. The van der Waals surface area contributed by atoms with E-state index in [0.29, 0.717) is 11.3 Å². The predicted molar refractivity (Wildman–Crippen MR) is 113 cm³/mol. The van der Waals surface area contributed by atoms with Crippen LogP contribution in [0.15, 0.2) is 42.5 Å². The minimum atomic E-state index is -0.232. The van der Waals surface area contributed by atoms with E-state index >= 15 is 0 Å². The Kier molecular flexibility index (Phi) is 4.80. The maximum atomic E-state index is 13.6. The zero-order chi connectivity index (χ0) is 20.8. The predicted octanol–water partition coefficient (Wildman–Crippen LogP) is 4.81. The maximum Gasteiger partial charge on any atom is 0.258 e. The Morgan fingerprint density at radius 3 is 2.55 bits per heavy atom. The number of carbonyl (C=O) groups is 1. The average Bonchev–Trinajstić information content (AvgIpc) is 3.21. The van der Waals surface area contributed by atoms with E-state index in [1.165, 1.54) is 12.1 Å². The molecule has 29 heavy (non-hydrogen) atoms. The minimum Gasteiger partial charge on any atom is -0.496 e. The number of nitrogens with zero attached hydrogens (tertiary/aromatic N) is 2. The summed E-state index contributed by atoms with van der Waals surface area (Å²) in [5, 5.41) is 0. The second-order valence-electron chi connectivity index (χ2n) is 9.04. The zero-order valence-electron chi connectivity index (χ0n) is 17.7. The highest BCUT2D eigenvalue weighted by Crippen LogP contribution is 2.47. The lowest BCUT2D eigenvalue weighted by atomic mass is 9.87. The van der Waals surface area contributed by atoms with Crippen LogP contribution in [0.2, 0.25) is 0 Å². The van der Waals surface area contributed by atoms with Crippen molar-refractivity contribution < 1.29 is 13.9 Å². The third kappa shape index (κ3) is 3.37. The van der Waals surface area contributed by atoms with Crippen LogP contribution in [0.25, 0.3) is 0 Å². The van der Waals surface area contributed by atoms with Crippen LogP contribution in [0.3, 0.4) is 0 Å². The van der Waals surface area contributed by atoms with E-state index in [1.54, 1.807) is 7.11 Å². The number of anilines is 1. The van der Waals surface area contributed by atoms with Crippen molar-refractivity contribution in [1.29, 1.82) is 0 Å². The van der Waals surface area contributed by atoms with Gasteiger partial charge >= 0.3 is 0 Å². The van der Waals surface area contributed by atoms with Gasteiger partial charge in [0.1, 0.15) is 11.6 Å². The number of hydrogen-bond donors (Lipinski definition) is 0. The van der Waals surface area contributed by atoms with Crippen molar-refractivity contribution in [2.24, 2.45) is 0 Å². The van der Waals surface area contributed by atoms with Gasteiger partial charge in [-0.3, -0.25) is 4.79 Å². The molecule has 0 bridgehead atoms. The number of amides is 1. The van der Waals surface area contributed by atoms with E-state index < -0.39 is 0 Å². The van der Waals surface area contributed by atoms with Crippen molar-refractivity contribution in [3.8, 4) is 5.75 Å². The first-order chi connectivity index (χ1) is 13.8. The summed E-state index contributed by atoms with van der Waals surface area (Å²) in [6, 6.07) is 12.4. The van der Waals surface area contributed by atoms with Crippen molar-refractivity contribution in [3.63, 3.8) is 0 Å². The van der Waals surface area contributed by atoms with E-state index in [2.05, 4.69) is 23.6 Å². The topological polar surface area (TPSA) is 32.8 Å². The molecule has 0 N–H and O–H groups in total. The lowest BCUT2D eigenvalue weighted by Crippen LogP contribution is -2.49. The number of rotatable bonds is 3. The lowest BCUT2D eigenvalue weighted by molar-refractivity contribution is 0.0614. The number of aryl methyl sites for hydroxylation is 1. The molecule has 2 fully saturated rings. The van der Waals surface area contributed by atoms with E-state index in [0.717, 1.165) is 43.6 Å². The Morgan fingerprint density at radius 2 is 1.86 bits per heavy atom. The molecule has 0 aliphatic carbocycles. The van der Waals surface area contributed by atoms with Crippen molar-refractivity contribution in [1.82, 2.24) is 4.90 Å². The molecule has 2 aliphatic heterocycles. The van der Waals surface area contributed by atoms with E-state index in [-0.39, 0.29) is 22.8 Å². The van der Waals surface area contributed by atoms with Gasteiger partial charge < -0.3 is 14.5 Å². The molecule has 2 saturated heterocycles. The fourth-order valence-corrected chi connectivity index (χ4v) is 5.26. The van der Waals surface area contributed by atoms with Gasteiger partial charge in [-0.15, -0.1) is 0 Å². The molecule has 1 spiro atoms. The molecule has 2 heterocycles. The fraction of sp³-hybridized carbons (Fsp3) is 0.458. The molecule has 1 amide bonds. The highest BCUT2D eigenvalue weighted by atomic mass is 19.1. The van der Waals surface area contributed by atoms with Gasteiger partial charge in [-0.05, 0) is 76.4 Å². The first-order valence-corrected chi connectivity index (χ1v) is 10.3. The average molecular weight is 397 g/mol. The summed E-state index contributed by atoms with van der Waals surface area (Å²) in [5.41, 5.74) is 2.33. The van der Waals surface area contributed by atoms with Gasteiger partial charge in [0.2, 0.25) is 0 Å². The van der Waals surface area contributed by atoms with Crippen molar-refractivity contribution in [3.05, 3.63) is 59.4 Å². The van der Waals surface area contributed by atoms with Gasteiger partial charge in [-0.1, -0.05) is 11.6 Å². The highest BCUT2D eigenvalue weighted by molar-refractivity contribution is 5.98. The van der Waals surface area contributed by atoms with Gasteiger partial charge in [0.25, 0.3) is 5.91 Å². The summed E-state index contributed by atoms with van der Waals surface area (Å²) in [6.07, 6.45) is 2.86. The van der Waals surface area contributed by atoms with Crippen molar-refractivity contribution >= 4 is 11.6 Å². The summed E-state index contributed by atoms with van der Waals surface area (Å²) in [6.45, 7) is 7.92. The Morgan fingerprint density at radius 1 is 1.14 bits per heavy atom. The molecule has 2 aromatic rings. The molecule has 154 valence electrons. The molecule has 1 unspecified atom stereocenters. The first kappa shape index (κ1) is 19.7. The second kappa shape index (κ2) is 7.05. The van der Waals surface area contributed by atoms with Gasteiger partial charge in [0.15, 0.2) is 0 Å². The first-order valence-electron chi connectivity index (χ1n) is 10.3. The van der Waals surface area contributed by atoms with E-state index in [1.807, 2.05) is 37.3 Å². The highest BCUT2D eigenvalue weighted by Gasteiger charge is 2.55. The molecule has 4 nitrogen and oxygen atoms in total. The monoisotopic (exact) mass is 396 g/mol. The van der Waals surface area contributed by atoms with Crippen LogP contribution in [0, 0.1) is 12.7 Å². The van der Waals surface area contributed by atoms with E-state index in [4.69, 9.17) is 4.74 Å². The lowest BCUT2D eigenvalue weighted by Gasteiger charge is -2.35. The van der Waals surface area contributed by atoms with E-state index in [9.17, 15) is 9.18 Å². The van der Waals surface area contributed by atoms with Gasteiger partial charge in [0.05, 0.1) is 18.2 Å². The Labute approximate surface area is 172 Å². The number of ether oxygens (including phenoxy) is 1. The third-order valence-electron chi connectivity index (χ3n) is 6.51. The number of methoxy groups -OCH3 is 1. The van der Waals surface area contributed by atoms with Crippen LogP contribution in [0.1, 0.15) is 49.0 Å². The number of benzene rings is 2. The SMILES string of the molecule is COc1ccc(C)cc1C(=O)N1CCCC12CN(c1ccc(F)cc1)C(C)(C)C2. The smallest absolute Gasteiger partial charge is 0.258 e. The van der Waals surface area contributed by atoms with Gasteiger partial charge in [0, 0.05) is 24.3 Å². The molecule has 2 aliphatic rings. The standard InChI is InChI=1S/C24H29FN2O2/c1-17-6-11-21(29-4)20(14-17)22(28)26-13-5-12-24(26)15-23(2,3)27(16-24)19-9-7-18(25)8-10-19/h6-11,14H,5,12-13,15-16H2,1-4H3. The molecule has 0 radical (unpaired) electrons. The Bertz CT molecular complexity index is 925. The van der Waals surface area contributed by atoms with Crippen LogP contribution >= 0.6 is 0 Å². The summed E-state index contributed by atoms with van der Waals surface area (Å²) >= 11 is 0. The summed E-state index contributed by atoms with van der Waals surface area (Å²) in [7, 11) is 1.61. The van der Waals surface area contributed by atoms with Crippen LogP contribution in [0.4, 0.5) is 10.1 Å². The van der Waals surface area contributed by atoms with Gasteiger partial charge in [-0.25, -0.2) is 4.39 Å². The molecule has 1 atom stereocenters. The summed E-state index contributed by atoms with van der Waals surface area (Å²) < 4.78 is 18.9. The van der Waals surface area contributed by atoms with Crippen LogP contribution in [-0.2, 0) is 0 Å². The molecule has 5 heteroatoms. The van der Waals surface area contributed by atoms with Crippen LogP contribution in [0.5, 0.6) is 5.75 Å². The molecular weight excluding hydrogens is 367 g/mol. The summed E-state index contributed by atoms with van der Waals surface area (Å²) in [5.74, 6) is 0.430. The molecule has 4 rings (SSSR count). The largest absolute Gasteiger partial charge is 0.496 e. The Hall–Kier alpha value is -2.56. The van der Waals surface area contributed by atoms with Crippen LogP contribution in [-0.4, -0.2) is 42.1 Å². The molecule has 0 aromatic heterocycles. The number of carbonyl (C=O) groups excluding carboxylic acids is 1. The summed E-state index contributed by atoms with van der Waals surface area (Å²) in [4.78, 5) is 18.0.